The Balaban J connectivity index is 1.86. The number of rotatable bonds is 8. The van der Waals surface area contributed by atoms with E-state index in [1.165, 1.54) is 16.5 Å². The van der Waals surface area contributed by atoms with E-state index in [2.05, 4.69) is 73.0 Å². The minimum absolute atomic E-state index is 0.370. The van der Waals surface area contributed by atoms with Gasteiger partial charge >= 0.3 is 0 Å². The molecule has 3 rings (SSSR count). The summed E-state index contributed by atoms with van der Waals surface area (Å²) in [6.45, 7) is 11.1. The van der Waals surface area contributed by atoms with Gasteiger partial charge in [-0.1, -0.05) is 37.8 Å². The zero-order valence-electron chi connectivity index (χ0n) is 14.9. The standard InChI is InChI=1S/C22H27N3/c1-4-17(11-12-23)15(2)21-14-24-22-10-9-19(13-20(21)22)25-16(3)18-7-5-6-8-18/h4-7,9-10,13-15,17,24-25H,1,3,8,11-12,23H2,2H3. The van der Waals surface area contributed by atoms with Crippen molar-refractivity contribution >= 4 is 16.6 Å². The number of aromatic amines is 1. The lowest BCUT2D eigenvalue weighted by Crippen LogP contribution is -2.12. The number of nitrogens with two attached hydrogens (primary N) is 1. The number of H-pyrrole nitrogens is 1. The molecule has 0 saturated carbocycles. The van der Waals surface area contributed by atoms with Crippen LogP contribution in [0.3, 0.4) is 0 Å². The van der Waals surface area contributed by atoms with Gasteiger partial charge in [0, 0.05) is 28.5 Å². The molecule has 1 aliphatic rings. The van der Waals surface area contributed by atoms with Crippen molar-refractivity contribution in [3.05, 3.63) is 78.7 Å². The van der Waals surface area contributed by atoms with Crippen LogP contribution in [0.5, 0.6) is 0 Å². The first-order valence-electron chi connectivity index (χ1n) is 8.89. The summed E-state index contributed by atoms with van der Waals surface area (Å²) in [5.41, 5.74) is 11.5. The van der Waals surface area contributed by atoms with Gasteiger partial charge in [0.1, 0.15) is 0 Å². The Kier molecular flexibility index (Phi) is 5.25. The first kappa shape index (κ1) is 17.3. The maximum atomic E-state index is 5.76. The third kappa shape index (κ3) is 3.62. The molecule has 1 aliphatic carbocycles. The van der Waals surface area contributed by atoms with Crippen LogP contribution in [0.25, 0.3) is 10.9 Å². The number of fused-ring (bicyclic) bond motifs is 1. The second kappa shape index (κ2) is 7.58. The predicted molar refractivity (Wildman–Crippen MR) is 109 cm³/mol. The molecular weight excluding hydrogens is 306 g/mol. The normalized spacial score (nSPS) is 15.8. The van der Waals surface area contributed by atoms with Gasteiger partial charge in [-0.25, -0.2) is 0 Å². The van der Waals surface area contributed by atoms with Crippen molar-refractivity contribution < 1.29 is 0 Å². The molecule has 2 unspecified atom stereocenters. The summed E-state index contributed by atoms with van der Waals surface area (Å²) >= 11 is 0. The van der Waals surface area contributed by atoms with Gasteiger partial charge in [-0.05, 0) is 60.6 Å². The van der Waals surface area contributed by atoms with E-state index in [9.17, 15) is 0 Å². The Morgan fingerprint density at radius 3 is 2.96 bits per heavy atom. The van der Waals surface area contributed by atoms with E-state index in [-0.39, 0.29) is 0 Å². The summed E-state index contributed by atoms with van der Waals surface area (Å²) < 4.78 is 0. The highest BCUT2D eigenvalue weighted by molar-refractivity contribution is 5.87. The Hall–Kier alpha value is -2.52. The molecule has 3 nitrogen and oxygen atoms in total. The third-order valence-electron chi connectivity index (χ3n) is 5.10. The van der Waals surface area contributed by atoms with Gasteiger partial charge in [-0.2, -0.15) is 0 Å². The van der Waals surface area contributed by atoms with Crippen molar-refractivity contribution in [2.24, 2.45) is 11.7 Å². The number of aromatic nitrogens is 1. The minimum Gasteiger partial charge on any atom is -0.361 e. The summed E-state index contributed by atoms with van der Waals surface area (Å²) in [6, 6.07) is 6.41. The summed E-state index contributed by atoms with van der Waals surface area (Å²) in [5, 5.41) is 4.69. The Morgan fingerprint density at radius 2 is 2.28 bits per heavy atom. The fraction of sp³-hybridized carbons (Fsp3) is 0.273. The molecule has 0 saturated heterocycles. The van der Waals surface area contributed by atoms with Crippen molar-refractivity contribution in [3.8, 4) is 0 Å². The average molecular weight is 333 g/mol. The Morgan fingerprint density at radius 1 is 1.44 bits per heavy atom. The van der Waals surface area contributed by atoms with Gasteiger partial charge in [0.25, 0.3) is 0 Å². The van der Waals surface area contributed by atoms with Crippen molar-refractivity contribution in [1.29, 1.82) is 0 Å². The molecule has 0 spiro atoms. The number of anilines is 1. The second-order valence-corrected chi connectivity index (χ2v) is 6.70. The largest absolute Gasteiger partial charge is 0.361 e. The van der Waals surface area contributed by atoms with Gasteiger partial charge in [-0.15, -0.1) is 6.58 Å². The molecule has 25 heavy (non-hydrogen) atoms. The molecule has 1 aromatic heterocycles. The topological polar surface area (TPSA) is 53.8 Å². The molecule has 2 aromatic rings. The number of benzene rings is 1. The smallest absolute Gasteiger partial charge is 0.0458 e. The summed E-state index contributed by atoms with van der Waals surface area (Å²) in [7, 11) is 0. The maximum Gasteiger partial charge on any atom is 0.0458 e. The Labute approximate surface area is 150 Å². The lowest BCUT2D eigenvalue weighted by molar-refractivity contribution is 0.512. The van der Waals surface area contributed by atoms with E-state index in [0.29, 0.717) is 18.4 Å². The van der Waals surface area contributed by atoms with Crippen LogP contribution in [0.1, 0.15) is 31.2 Å². The molecule has 0 radical (unpaired) electrons. The van der Waals surface area contributed by atoms with Crippen molar-refractivity contribution in [3.63, 3.8) is 0 Å². The van der Waals surface area contributed by atoms with Crippen LogP contribution >= 0.6 is 0 Å². The highest BCUT2D eigenvalue weighted by Crippen LogP contribution is 2.34. The van der Waals surface area contributed by atoms with E-state index in [0.717, 1.165) is 29.7 Å². The van der Waals surface area contributed by atoms with Gasteiger partial charge in [0.05, 0.1) is 0 Å². The van der Waals surface area contributed by atoms with Crippen LogP contribution in [0.2, 0.25) is 0 Å². The van der Waals surface area contributed by atoms with Gasteiger partial charge in [0.15, 0.2) is 0 Å². The highest BCUT2D eigenvalue weighted by Gasteiger charge is 2.19. The molecule has 1 aromatic carbocycles. The quantitative estimate of drug-likeness (QED) is 0.579. The van der Waals surface area contributed by atoms with Crippen LogP contribution in [-0.4, -0.2) is 11.5 Å². The van der Waals surface area contributed by atoms with Crippen molar-refractivity contribution in [1.82, 2.24) is 4.98 Å². The molecule has 4 N–H and O–H groups in total. The van der Waals surface area contributed by atoms with E-state index >= 15 is 0 Å². The van der Waals surface area contributed by atoms with Crippen molar-refractivity contribution in [2.45, 2.75) is 25.7 Å². The molecule has 1 heterocycles. The van der Waals surface area contributed by atoms with Gasteiger partial charge in [0.2, 0.25) is 0 Å². The van der Waals surface area contributed by atoms with Crippen LogP contribution in [-0.2, 0) is 0 Å². The SMILES string of the molecule is C=CC(CCN)C(C)c1c[nH]c2ccc(NC(=C)C3=CC=CC3)cc12. The number of hydrogen-bond acceptors (Lipinski definition) is 2. The minimum atomic E-state index is 0.370. The van der Waals surface area contributed by atoms with Gasteiger partial charge in [-0.3, -0.25) is 0 Å². The highest BCUT2D eigenvalue weighted by atomic mass is 14.9. The molecule has 130 valence electrons. The molecule has 3 heteroatoms. The lowest BCUT2D eigenvalue weighted by atomic mass is 9.85. The third-order valence-corrected chi connectivity index (χ3v) is 5.10. The van der Waals surface area contributed by atoms with Crippen LogP contribution in [0.15, 0.2) is 73.1 Å². The molecular formula is C22H27N3. The number of nitrogens with one attached hydrogen (secondary N) is 2. The number of allylic oxidation sites excluding steroid dienone is 5. The average Bonchev–Trinajstić information content (AvgIpc) is 3.28. The monoisotopic (exact) mass is 333 g/mol. The Bertz CT molecular complexity index is 838. The zero-order chi connectivity index (χ0) is 17.8. The van der Waals surface area contributed by atoms with Gasteiger partial charge < -0.3 is 16.0 Å². The molecule has 0 amide bonds. The van der Waals surface area contributed by atoms with E-state index in [1.807, 2.05) is 6.08 Å². The van der Waals surface area contributed by atoms with Crippen molar-refractivity contribution in [2.75, 3.05) is 11.9 Å². The molecule has 0 aliphatic heterocycles. The summed E-state index contributed by atoms with van der Waals surface area (Å²) in [6.07, 6.45) is 12.4. The first-order chi connectivity index (χ1) is 12.1. The van der Waals surface area contributed by atoms with Crippen LogP contribution < -0.4 is 11.1 Å². The fourth-order valence-electron chi connectivity index (χ4n) is 3.52. The van der Waals surface area contributed by atoms with E-state index in [1.54, 1.807) is 0 Å². The zero-order valence-corrected chi connectivity index (χ0v) is 14.9. The maximum absolute atomic E-state index is 5.76. The van der Waals surface area contributed by atoms with Crippen LogP contribution in [0, 0.1) is 5.92 Å². The van der Waals surface area contributed by atoms with Crippen LogP contribution in [0.4, 0.5) is 5.69 Å². The number of hydrogen-bond donors (Lipinski definition) is 3. The predicted octanol–water partition coefficient (Wildman–Crippen LogP) is 5.23. The molecule has 0 fully saturated rings. The second-order valence-electron chi connectivity index (χ2n) is 6.70. The summed E-state index contributed by atoms with van der Waals surface area (Å²) in [5.74, 6) is 0.750. The first-order valence-corrected chi connectivity index (χ1v) is 8.89. The molecule has 2 atom stereocenters. The fourth-order valence-corrected chi connectivity index (χ4v) is 3.52. The summed E-state index contributed by atoms with van der Waals surface area (Å²) in [4.78, 5) is 3.39. The lowest BCUT2D eigenvalue weighted by Gasteiger charge is -2.20. The van der Waals surface area contributed by atoms with E-state index in [4.69, 9.17) is 5.73 Å². The molecule has 0 bridgehead atoms. The van der Waals surface area contributed by atoms with E-state index < -0.39 is 0 Å².